The van der Waals surface area contributed by atoms with E-state index < -0.39 is 17.5 Å². The first-order valence-corrected chi connectivity index (χ1v) is 6.22. The second kappa shape index (κ2) is 6.69. The van der Waals surface area contributed by atoms with Gasteiger partial charge < -0.3 is 15.4 Å². The zero-order valence-electron chi connectivity index (χ0n) is 11.3. The van der Waals surface area contributed by atoms with Crippen molar-refractivity contribution in [2.24, 2.45) is 0 Å². The summed E-state index contributed by atoms with van der Waals surface area (Å²) in [6.07, 6.45) is 0. The van der Waals surface area contributed by atoms with E-state index >= 15 is 0 Å². The molecule has 4 nitrogen and oxygen atoms in total. The average Bonchev–Trinajstić information content (AvgIpc) is 2.49. The molecule has 0 fully saturated rings. The number of ether oxygens (including phenoxy) is 1. The van der Waals surface area contributed by atoms with Crippen LogP contribution in [-0.4, -0.2) is 19.6 Å². The molecule has 110 valence electrons. The van der Waals surface area contributed by atoms with Crippen molar-refractivity contribution in [3.05, 3.63) is 54.1 Å². The molecule has 2 rings (SSSR count). The fourth-order valence-electron chi connectivity index (χ4n) is 1.76. The van der Waals surface area contributed by atoms with E-state index in [1.807, 2.05) is 0 Å². The lowest BCUT2D eigenvalue weighted by atomic mass is 10.3. The highest BCUT2D eigenvalue weighted by Gasteiger charge is 2.10. The molecule has 6 heteroatoms. The van der Waals surface area contributed by atoms with Gasteiger partial charge in [-0.15, -0.1) is 0 Å². The monoisotopic (exact) mass is 292 g/mol. The summed E-state index contributed by atoms with van der Waals surface area (Å²) >= 11 is 0. The Kier molecular flexibility index (Phi) is 4.71. The Bertz CT molecular complexity index is 647. The third kappa shape index (κ3) is 3.68. The van der Waals surface area contributed by atoms with Crippen molar-refractivity contribution in [2.45, 2.75) is 0 Å². The zero-order chi connectivity index (χ0) is 15.2. The van der Waals surface area contributed by atoms with Crippen molar-refractivity contribution in [2.75, 3.05) is 24.3 Å². The highest BCUT2D eigenvalue weighted by Crippen LogP contribution is 2.23. The van der Waals surface area contributed by atoms with Gasteiger partial charge in [-0.05, 0) is 24.3 Å². The maximum Gasteiger partial charge on any atom is 0.243 e. The number of amides is 1. The second-order valence-corrected chi connectivity index (χ2v) is 4.20. The highest BCUT2D eigenvalue weighted by atomic mass is 19.2. The summed E-state index contributed by atoms with van der Waals surface area (Å²) < 4.78 is 31.5. The third-order valence-corrected chi connectivity index (χ3v) is 2.77. The molecule has 0 heterocycles. The Morgan fingerprint density at radius 3 is 2.57 bits per heavy atom. The van der Waals surface area contributed by atoms with Gasteiger partial charge >= 0.3 is 0 Å². The molecule has 0 saturated carbocycles. The predicted molar refractivity (Wildman–Crippen MR) is 76.5 cm³/mol. The minimum atomic E-state index is -1.01. The summed E-state index contributed by atoms with van der Waals surface area (Å²) in [7, 11) is 1.49. The number of nitrogens with one attached hydrogen (secondary N) is 2. The minimum Gasteiger partial charge on any atom is -0.495 e. The SMILES string of the molecule is COc1ccccc1NC(=O)CNc1cccc(F)c1F. The molecular weight excluding hydrogens is 278 g/mol. The molecule has 2 N–H and O–H groups in total. The minimum absolute atomic E-state index is 0.0647. The molecule has 0 unspecified atom stereocenters. The number of hydrogen-bond acceptors (Lipinski definition) is 3. The van der Waals surface area contributed by atoms with Gasteiger partial charge in [0.1, 0.15) is 5.75 Å². The number of hydrogen-bond donors (Lipinski definition) is 2. The van der Waals surface area contributed by atoms with Gasteiger partial charge in [0.2, 0.25) is 5.91 Å². The number of halogens is 2. The summed E-state index contributed by atoms with van der Waals surface area (Å²) in [5.74, 6) is -1.86. The fraction of sp³-hybridized carbons (Fsp3) is 0.133. The van der Waals surface area contributed by atoms with Crippen molar-refractivity contribution < 1.29 is 18.3 Å². The van der Waals surface area contributed by atoms with Crippen LogP contribution in [0.4, 0.5) is 20.2 Å². The Balaban J connectivity index is 1.98. The van der Waals surface area contributed by atoms with Crippen LogP contribution in [0, 0.1) is 11.6 Å². The Labute approximate surface area is 120 Å². The molecule has 0 aromatic heterocycles. The molecule has 2 aromatic rings. The number of benzene rings is 2. The van der Waals surface area contributed by atoms with Crippen LogP contribution in [0.5, 0.6) is 5.75 Å². The van der Waals surface area contributed by atoms with Crippen LogP contribution in [0.2, 0.25) is 0 Å². The van der Waals surface area contributed by atoms with Crippen molar-refractivity contribution >= 4 is 17.3 Å². The molecule has 0 aliphatic carbocycles. The van der Waals surface area contributed by atoms with Gasteiger partial charge in [-0.2, -0.15) is 0 Å². The van der Waals surface area contributed by atoms with E-state index in [0.29, 0.717) is 11.4 Å². The number of para-hydroxylation sites is 2. The van der Waals surface area contributed by atoms with Crippen molar-refractivity contribution in [1.29, 1.82) is 0 Å². The van der Waals surface area contributed by atoms with Gasteiger partial charge in [-0.3, -0.25) is 4.79 Å². The van der Waals surface area contributed by atoms with Gasteiger partial charge in [-0.25, -0.2) is 8.78 Å². The first-order valence-electron chi connectivity index (χ1n) is 6.22. The Morgan fingerprint density at radius 1 is 1.10 bits per heavy atom. The van der Waals surface area contributed by atoms with E-state index in [9.17, 15) is 13.6 Å². The van der Waals surface area contributed by atoms with Crippen LogP contribution >= 0.6 is 0 Å². The molecule has 0 radical (unpaired) electrons. The third-order valence-electron chi connectivity index (χ3n) is 2.77. The van der Waals surface area contributed by atoms with Crippen LogP contribution in [0.25, 0.3) is 0 Å². The first kappa shape index (κ1) is 14.8. The van der Waals surface area contributed by atoms with Crippen molar-refractivity contribution in [1.82, 2.24) is 0 Å². The summed E-state index contributed by atoms with van der Waals surface area (Å²) in [5.41, 5.74) is 0.441. The number of carbonyl (C=O) groups excluding carboxylic acids is 1. The van der Waals surface area contributed by atoms with E-state index in [1.54, 1.807) is 24.3 Å². The Morgan fingerprint density at radius 2 is 1.81 bits per heavy atom. The number of rotatable bonds is 5. The topological polar surface area (TPSA) is 50.4 Å². The normalized spacial score (nSPS) is 10.0. The maximum atomic E-state index is 13.4. The number of anilines is 2. The largest absolute Gasteiger partial charge is 0.495 e. The quantitative estimate of drug-likeness (QED) is 0.890. The molecule has 21 heavy (non-hydrogen) atoms. The molecular formula is C15H14F2N2O2. The molecule has 0 aliphatic heterocycles. The first-order chi connectivity index (χ1) is 10.1. The summed E-state index contributed by atoms with van der Waals surface area (Å²) in [5, 5.41) is 5.17. The van der Waals surface area contributed by atoms with Crippen LogP contribution in [0.1, 0.15) is 0 Å². The van der Waals surface area contributed by atoms with E-state index in [-0.39, 0.29) is 12.2 Å². The number of carbonyl (C=O) groups is 1. The summed E-state index contributed by atoms with van der Waals surface area (Å²) in [6, 6.07) is 10.6. The van der Waals surface area contributed by atoms with Gasteiger partial charge in [-0.1, -0.05) is 18.2 Å². The van der Waals surface area contributed by atoms with Crippen molar-refractivity contribution in [3.8, 4) is 5.75 Å². The fourth-order valence-corrected chi connectivity index (χ4v) is 1.76. The van der Waals surface area contributed by atoms with Crippen LogP contribution < -0.4 is 15.4 Å². The van der Waals surface area contributed by atoms with Crippen LogP contribution in [0.3, 0.4) is 0 Å². The predicted octanol–water partition coefficient (Wildman–Crippen LogP) is 3.02. The Hall–Kier alpha value is -2.63. The maximum absolute atomic E-state index is 13.4. The van der Waals surface area contributed by atoms with E-state index in [4.69, 9.17) is 4.74 Å². The lowest BCUT2D eigenvalue weighted by molar-refractivity contribution is -0.114. The molecule has 0 bridgehead atoms. The highest BCUT2D eigenvalue weighted by molar-refractivity contribution is 5.95. The second-order valence-electron chi connectivity index (χ2n) is 4.20. The van der Waals surface area contributed by atoms with Crippen molar-refractivity contribution in [3.63, 3.8) is 0 Å². The average molecular weight is 292 g/mol. The lowest BCUT2D eigenvalue weighted by Gasteiger charge is -2.11. The van der Waals surface area contributed by atoms with E-state index in [0.717, 1.165) is 6.07 Å². The molecule has 1 amide bonds. The smallest absolute Gasteiger partial charge is 0.243 e. The van der Waals surface area contributed by atoms with Crippen LogP contribution in [-0.2, 0) is 4.79 Å². The van der Waals surface area contributed by atoms with Crippen LogP contribution in [0.15, 0.2) is 42.5 Å². The van der Waals surface area contributed by atoms with Gasteiger partial charge in [0.25, 0.3) is 0 Å². The van der Waals surface area contributed by atoms with E-state index in [1.165, 1.54) is 19.2 Å². The summed E-state index contributed by atoms with van der Waals surface area (Å²) in [4.78, 5) is 11.8. The van der Waals surface area contributed by atoms with Gasteiger partial charge in [0.05, 0.1) is 25.0 Å². The summed E-state index contributed by atoms with van der Waals surface area (Å²) in [6.45, 7) is -0.196. The van der Waals surface area contributed by atoms with Gasteiger partial charge in [0.15, 0.2) is 11.6 Å². The molecule has 0 aliphatic rings. The lowest BCUT2D eigenvalue weighted by Crippen LogP contribution is -2.22. The zero-order valence-corrected chi connectivity index (χ0v) is 11.3. The molecule has 2 aromatic carbocycles. The molecule has 0 spiro atoms. The standard InChI is InChI=1S/C15H14F2N2O2/c1-21-13-8-3-2-6-11(13)19-14(20)9-18-12-7-4-5-10(16)15(12)17/h2-8,18H,9H2,1H3,(H,19,20). The number of methoxy groups -OCH3 is 1. The van der Waals surface area contributed by atoms with Gasteiger partial charge in [0, 0.05) is 0 Å². The molecule has 0 saturated heterocycles. The van der Waals surface area contributed by atoms with E-state index in [2.05, 4.69) is 10.6 Å². The molecule has 0 atom stereocenters.